The molecular weight excluding hydrogens is 248 g/mol. The number of rotatable bonds is 0. The molecular formula is C10H16O6S. The van der Waals surface area contributed by atoms with Gasteiger partial charge < -0.3 is 18.9 Å². The Morgan fingerprint density at radius 3 is 1.65 bits per heavy atom. The van der Waals surface area contributed by atoms with Crippen LogP contribution in [0.15, 0.2) is 0 Å². The molecule has 17 heavy (non-hydrogen) atoms. The minimum Gasteiger partial charge on any atom is -0.455 e. The highest BCUT2D eigenvalue weighted by atomic mass is 32.2. The molecule has 98 valence electrons. The van der Waals surface area contributed by atoms with Gasteiger partial charge in [0.2, 0.25) is 0 Å². The van der Waals surface area contributed by atoms with Gasteiger partial charge in [0.25, 0.3) is 0 Å². The lowest BCUT2D eigenvalue weighted by molar-refractivity contribution is -0.169. The second-order valence-corrected chi connectivity index (χ2v) is 4.33. The van der Waals surface area contributed by atoms with Gasteiger partial charge in [-0.25, -0.2) is 9.59 Å². The second kappa shape index (κ2) is 9.26. The van der Waals surface area contributed by atoms with Gasteiger partial charge in [0.05, 0.1) is 26.4 Å². The molecule has 0 N–H and O–H groups in total. The summed E-state index contributed by atoms with van der Waals surface area (Å²) in [6, 6.07) is 0. The van der Waals surface area contributed by atoms with Gasteiger partial charge in [-0.1, -0.05) is 0 Å². The summed E-state index contributed by atoms with van der Waals surface area (Å²) in [7, 11) is 0. The van der Waals surface area contributed by atoms with Crippen molar-refractivity contribution in [2.24, 2.45) is 0 Å². The maximum atomic E-state index is 11.1. The van der Waals surface area contributed by atoms with E-state index in [0.29, 0.717) is 13.2 Å². The van der Waals surface area contributed by atoms with Crippen LogP contribution in [-0.4, -0.2) is 63.1 Å². The number of esters is 2. The van der Waals surface area contributed by atoms with Crippen LogP contribution in [0.5, 0.6) is 0 Å². The van der Waals surface area contributed by atoms with E-state index < -0.39 is 11.9 Å². The van der Waals surface area contributed by atoms with Crippen LogP contribution in [0.2, 0.25) is 0 Å². The number of cyclic esters (lactones) is 2. The number of carbonyl (C=O) groups is 2. The van der Waals surface area contributed by atoms with E-state index in [1.807, 2.05) is 0 Å². The Hall–Kier alpha value is -0.790. The van der Waals surface area contributed by atoms with E-state index in [4.69, 9.17) is 9.47 Å². The predicted octanol–water partition coefficient (Wildman–Crippen LogP) is -0.147. The zero-order chi connectivity index (χ0) is 12.3. The number of hydrogen-bond acceptors (Lipinski definition) is 7. The Bertz CT molecular complexity index is 221. The van der Waals surface area contributed by atoms with Crippen molar-refractivity contribution in [1.29, 1.82) is 0 Å². The molecule has 1 aliphatic heterocycles. The van der Waals surface area contributed by atoms with Gasteiger partial charge in [0.1, 0.15) is 13.2 Å². The molecule has 0 atom stereocenters. The van der Waals surface area contributed by atoms with Crippen LogP contribution in [0.25, 0.3) is 0 Å². The molecule has 0 spiro atoms. The van der Waals surface area contributed by atoms with Crippen molar-refractivity contribution in [1.82, 2.24) is 0 Å². The standard InChI is InChI=1S/C10H16O6S/c11-9-10(12)16-4-2-14-6-8-17-7-5-13-1-3-15-9/h1-8H2. The van der Waals surface area contributed by atoms with Gasteiger partial charge in [-0.15, -0.1) is 0 Å². The van der Waals surface area contributed by atoms with E-state index in [1.54, 1.807) is 11.8 Å². The molecule has 0 aliphatic carbocycles. The fourth-order valence-corrected chi connectivity index (χ4v) is 1.72. The molecule has 1 heterocycles. The minimum absolute atomic E-state index is 0.0646. The molecule has 1 fully saturated rings. The van der Waals surface area contributed by atoms with Gasteiger partial charge >= 0.3 is 11.9 Å². The fraction of sp³-hybridized carbons (Fsp3) is 0.800. The molecule has 0 amide bonds. The Morgan fingerprint density at radius 1 is 0.706 bits per heavy atom. The normalized spacial score (nSPS) is 21.9. The molecule has 0 bridgehead atoms. The summed E-state index contributed by atoms with van der Waals surface area (Å²) in [6.45, 7) is 1.88. The molecule has 1 aliphatic rings. The van der Waals surface area contributed by atoms with Crippen LogP contribution in [-0.2, 0) is 28.5 Å². The van der Waals surface area contributed by atoms with E-state index >= 15 is 0 Å². The Kier molecular flexibility index (Phi) is 7.78. The number of thioether (sulfide) groups is 1. The molecule has 0 aromatic carbocycles. The van der Waals surface area contributed by atoms with Crippen LogP contribution in [0.1, 0.15) is 0 Å². The maximum Gasteiger partial charge on any atom is 0.417 e. The topological polar surface area (TPSA) is 71.1 Å². The molecule has 0 aromatic heterocycles. The second-order valence-electron chi connectivity index (χ2n) is 3.11. The molecule has 6 nitrogen and oxygen atoms in total. The van der Waals surface area contributed by atoms with E-state index in [0.717, 1.165) is 11.5 Å². The fourth-order valence-electron chi connectivity index (χ4n) is 1.05. The number of carbonyl (C=O) groups excluding carboxylic acids is 2. The summed E-state index contributed by atoms with van der Waals surface area (Å²) in [5.74, 6) is -0.241. The van der Waals surface area contributed by atoms with Crippen molar-refractivity contribution in [3.8, 4) is 0 Å². The monoisotopic (exact) mass is 264 g/mol. The lowest BCUT2D eigenvalue weighted by atomic mass is 10.6. The van der Waals surface area contributed by atoms with Crippen molar-refractivity contribution in [3.05, 3.63) is 0 Å². The highest BCUT2D eigenvalue weighted by Crippen LogP contribution is 1.99. The first-order valence-electron chi connectivity index (χ1n) is 5.38. The zero-order valence-electron chi connectivity index (χ0n) is 9.51. The Balaban J connectivity index is 2.26. The summed E-state index contributed by atoms with van der Waals surface area (Å²) in [5, 5.41) is 0. The summed E-state index contributed by atoms with van der Waals surface area (Å²) in [5.41, 5.74) is 0. The third-order valence-electron chi connectivity index (χ3n) is 1.83. The molecule has 0 unspecified atom stereocenters. The van der Waals surface area contributed by atoms with Gasteiger partial charge in [0.15, 0.2) is 0 Å². The Morgan fingerprint density at radius 2 is 1.18 bits per heavy atom. The van der Waals surface area contributed by atoms with Crippen molar-refractivity contribution >= 4 is 23.7 Å². The first-order valence-corrected chi connectivity index (χ1v) is 6.53. The van der Waals surface area contributed by atoms with E-state index in [-0.39, 0.29) is 26.4 Å². The average molecular weight is 264 g/mol. The molecule has 1 saturated heterocycles. The van der Waals surface area contributed by atoms with Crippen LogP contribution < -0.4 is 0 Å². The van der Waals surface area contributed by atoms with Crippen LogP contribution in [0.4, 0.5) is 0 Å². The predicted molar refractivity (Wildman–Crippen MR) is 60.9 cm³/mol. The maximum absolute atomic E-state index is 11.1. The van der Waals surface area contributed by atoms with Crippen LogP contribution in [0, 0.1) is 0 Å². The average Bonchev–Trinajstić information content (AvgIpc) is 2.34. The third-order valence-corrected chi connectivity index (χ3v) is 2.74. The van der Waals surface area contributed by atoms with Gasteiger partial charge in [-0.3, -0.25) is 0 Å². The van der Waals surface area contributed by atoms with Crippen molar-refractivity contribution < 1.29 is 28.5 Å². The van der Waals surface area contributed by atoms with Gasteiger partial charge in [-0.05, 0) is 0 Å². The van der Waals surface area contributed by atoms with Crippen LogP contribution in [0.3, 0.4) is 0 Å². The smallest absolute Gasteiger partial charge is 0.417 e. The lowest BCUT2D eigenvalue weighted by Crippen LogP contribution is -2.23. The molecule has 0 aromatic rings. The lowest BCUT2D eigenvalue weighted by Gasteiger charge is -2.05. The summed E-state index contributed by atoms with van der Waals surface area (Å²) in [4.78, 5) is 22.1. The van der Waals surface area contributed by atoms with E-state index in [1.165, 1.54) is 0 Å². The highest BCUT2D eigenvalue weighted by molar-refractivity contribution is 7.99. The molecule has 1 rings (SSSR count). The van der Waals surface area contributed by atoms with E-state index in [2.05, 4.69) is 9.47 Å². The van der Waals surface area contributed by atoms with Gasteiger partial charge in [-0.2, -0.15) is 11.8 Å². The SMILES string of the molecule is O=C1OCCOCCSCCOCCOC1=O. The van der Waals surface area contributed by atoms with Crippen LogP contribution >= 0.6 is 11.8 Å². The first kappa shape index (κ1) is 14.3. The number of hydrogen-bond donors (Lipinski definition) is 0. The minimum atomic E-state index is -0.988. The zero-order valence-corrected chi connectivity index (χ0v) is 10.3. The first-order chi connectivity index (χ1) is 8.30. The number of ether oxygens (including phenoxy) is 4. The largest absolute Gasteiger partial charge is 0.455 e. The third kappa shape index (κ3) is 7.19. The summed E-state index contributed by atoms with van der Waals surface area (Å²) < 4.78 is 19.7. The van der Waals surface area contributed by atoms with Crippen molar-refractivity contribution in [3.63, 3.8) is 0 Å². The van der Waals surface area contributed by atoms with Crippen molar-refractivity contribution in [2.75, 3.05) is 51.1 Å². The van der Waals surface area contributed by atoms with Gasteiger partial charge in [0, 0.05) is 11.5 Å². The highest BCUT2D eigenvalue weighted by Gasteiger charge is 2.16. The Labute approximate surface area is 104 Å². The van der Waals surface area contributed by atoms with Crippen molar-refractivity contribution in [2.45, 2.75) is 0 Å². The molecule has 0 radical (unpaired) electrons. The molecule has 7 heteroatoms. The quantitative estimate of drug-likeness (QED) is 0.445. The summed E-state index contributed by atoms with van der Waals surface area (Å²) in [6.07, 6.45) is 0. The van der Waals surface area contributed by atoms with E-state index in [9.17, 15) is 9.59 Å². The summed E-state index contributed by atoms with van der Waals surface area (Å²) >= 11 is 1.72. The molecule has 0 saturated carbocycles.